The van der Waals surface area contributed by atoms with Crippen LogP contribution >= 0.6 is 0 Å². The van der Waals surface area contributed by atoms with Crippen LogP contribution in [0.4, 0.5) is 11.4 Å². The molecular formula is C17H26N2O3. The number of carbonyl (C=O) groups is 2. The molecular weight excluding hydrogens is 280 g/mol. The zero-order valence-corrected chi connectivity index (χ0v) is 13.9. The van der Waals surface area contributed by atoms with E-state index in [-0.39, 0.29) is 12.5 Å². The molecule has 0 bridgehead atoms. The minimum absolute atomic E-state index is 0.0660. The van der Waals surface area contributed by atoms with Crippen LogP contribution in [0, 0.1) is 5.92 Å². The Morgan fingerprint density at radius 1 is 1.05 bits per heavy atom. The van der Waals surface area contributed by atoms with Crippen LogP contribution in [-0.2, 0) is 9.59 Å². The standard InChI is InChI=1S/C17H26N2O3/c1-5-16(20)19(12-13(4)17(21)22)15-10-8-14(9-11-15)18(6-2)7-3/h8-11,13H,5-7,12H2,1-4H3,(H,21,22). The molecule has 22 heavy (non-hydrogen) atoms. The molecule has 1 N–H and O–H groups in total. The molecule has 0 fully saturated rings. The van der Waals surface area contributed by atoms with E-state index in [2.05, 4.69) is 18.7 Å². The zero-order valence-electron chi connectivity index (χ0n) is 13.9. The summed E-state index contributed by atoms with van der Waals surface area (Å²) in [5.41, 5.74) is 1.85. The Bertz CT molecular complexity index is 495. The van der Waals surface area contributed by atoms with Crippen molar-refractivity contribution in [3.05, 3.63) is 24.3 Å². The summed E-state index contributed by atoms with van der Waals surface area (Å²) >= 11 is 0. The number of hydrogen-bond donors (Lipinski definition) is 1. The largest absolute Gasteiger partial charge is 0.481 e. The maximum Gasteiger partial charge on any atom is 0.308 e. The molecule has 0 aliphatic heterocycles. The van der Waals surface area contributed by atoms with Gasteiger partial charge in [-0.05, 0) is 38.1 Å². The van der Waals surface area contributed by atoms with Crippen LogP contribution in [0.25, 0.3) is 0 Å². The molecule has 0 spiro atoms. The van der Waals surface area contributed by atoms with Crippen LogP contribution in [0.2, 0.25) is 0 Å². The molecule has 0 aromatic heterocycles. The van der Waals surface area contributed by atoms with Crippen molar-refractivity contribution in [2.75, 3.05) is 29.4 Å². The second-order valence-electron chi connectivity index (χ2n) is 5.29. The van der Waals surface area contributed by atoms with E-state index < -0.39 is 11.9 Å². The number of nitrogens with zero attached hydrogens (tertiary/aromatic N) is 2. The van der Waals surface area contributed by atoms with Crippen molar-refractivity contribution in [2.24, 2.45) is 5.92 Å². The Balaban J connectivity index is 3.00. The maximum absolute atomic E-state index is 12.1. The average Bonchev–Trinajstić information content (AvgIpc) is 2.53. The van der Waals surface area contributed by atoms with Gasteiger partial charge in [-0.25, -0.2) is 0 Å². The van der Waals surface area contributed by atoms with Gasteiger partial charge in [-0.3, -0.25) is 9.59 Å². The maximum atomic E-state index is 12.1. The summed E-state index contributed by atoms with van der Waals surface area (Å²) in [5.74, 6) is -1.56. The summed E-state index contributed by atoms with van der Waals surface area (Å²) in [4.78, 5) is 27.0. The lowest BCUT2D eigenvalue weighted by molar-refractivity contribution is -0.140. The molecule has 0 saturated heterocycles. The smallest absolute Gasteiger partial charge is 0.308 e. The number of hydrogen-bond acceptors (Lipinski definition) is 3. The minimum atomic E-state index is -0.895. The molecule has 1 unspecified atom stereocenters. The summed E-state index contributed by atoms with van der Waals surface area (Å²) in [6, 6.07) is 7.72. The van der Waals surface area contributed by atoms with Gasteiger partial charge in [-0.15, -0.1) is 0 Å². The van der Waals surface area contributed by atoms with Crippen molar-refractivity contribution in [1.29, 1.82) is 0 Å². The topological polar surface area (TPSA) is 60.9 Å². The minimum Gasteiger partial charge on any atom is -0.481 e. The first kappa shape index (κ1) is 18.0. The van der Waals surface area contributed by atoms with Gasteiger partial charge in [0.05, 0.1) is 5.92 Å². The third kappa shape index (κ3) is 4.48. The SMILES string of the molecule is CCC(=O)N(CC(C)C(=O)O)c1ccc(N(CC)CC)cc1. The number of anilines is 2. The summed E-state index contributed by atoms with van der Waals surface area (Å²) < 4.78 is 0. The van der Waals surface area contributed by atoms with E-state index in [9.17, 15) is 9.59 Å². The molecule has 1 aromatic carbocycles. The molecule has 0 aliphatic rings. The third-order valence-corrected chi connectivity index (χ3v) is 3.77. The highest BCUT2D eigenvalue weighted by atomic mass is 16.4. The summed E-state index contributed by atoms with van der Waals surface area (Å²) in [7, 11) is 0. The van der Waals surface area contributed by atoms with E-state index in [1.54, 1.807) is 18.7 Å². The lowest BCUT2D eigenvalue weighted by Crippen LogP contribution is -2.36. The Labute approximate surface area is 132 Å². The van der Waals surface area contributed by atoms with Gasteiger partial charge in [-0.2, -0.15) is 0 Å². The number of amides is 1. The van der Waals surface area contributed by atoms with Crippen molar-refractivity contribution >= 4 is 23.3 Å². The van der Waals surface area contributed by atoms with E-state index in [4.69, 9.17) is 5.11 Å². The monoisotopic (exact) mass is 306 g/mol. The number of aliphatic carboxylic acids is 1. The molecule has 5 heteroatoms. The molecule has 0 radical (unpaired) electrons. The Kier molecular flexibility index (Phi) is 6.89. The fraction of sp³-hybridized carbons (Fsp3) is 0.529. The van der Waals surface area contributed by atoms with Gasteiger partial charge in [0.25, 0.3) is 0 Å². The highest BCUT2D eigenvalue weighted by molar-refractivity contribution is 5.94. The first-order chi connectivity index (χ1) is 10.4. The van der Waals surface area contributed by atoms with Crippen molar-refractivity contribution in [2.45, 2.75) is 34.1 Å². The predicted molar refractivity (Wildman–Crippen MR) is 89.4 cm³/mol. The van der Waals surface area contributed by atoms with Crippen molar-refractivity contribution in [3.63, 3.8) is 0 Å². The Morgan fingerprint density at radius 2 is 1.55 bits per heavy atom. The highest BCUT2D eigenvalue weighted by Gasteiger charge is 2.21. The second kappa shape index (κ2) is 8.41. The van der Waals surface area contributed by atoms with Gasteiger partial charge in [0.1, 0.15) is 0 Å². The van der Waals surface area contributed by atoms with E-state index in [0.717, 1.165) is 24.5 Å². The van der Waals surface area contributed by atoms with E-state index in [0.29, 0.717) is 6.42 Å². The molecule has 122 valence electrons. The van der Waals surface area contributed by atoms with Crippen LogP contribution in [-0.4, -0.2) is 36.6 Å². The number of rotatable bonds is 8. The molecule has 0 saturated carbocycles. The van der Waals surface area contributed by atoms with E-state index >= 15 is 0 Å². The Hall–Kier alpha value is -2.04. The summed E-state index contributed by atoms with van der Waals surface area (Å²) in [6.07, 6.45) is 0.351. The molecule has 1 aromatic rings. The van der Waals surface area contributed by atoms with Gasteiger partial charge in [0.15, 0.2) is 0 Å². The lowest BCUT2D eigenvalue weighted by Gasteiger charge is -2.26. The van der Waals surface area contributed by atoms with Gasteiger partial charge in [0, 0.05) is 37.4 Å². The molecule has 0 heterocycles. The normalized spacial score (nSPS) is 11.8. The van der Waals surface area contributed by atoms with E-state index in [1.807, 2.05) is 24.3 Å². The Morgan fingerprint density at radius 3 is 1.95 bits per heavy atom. The van der Waals surface area contributed by atoms with Crippen molar-refractivity contribution in [3.8, 4) is 0 Å². The fourth-order valence-corrected chi connectivity index (χ4v) is 2.33. The van der Waals surface area contributed by atoms with Crippen LogP contribution < -0.4 is 9.80 Å². The molecule has 1 amide bonds. The van der Waals surface area contributed by atoms with Gasteiger partial charge >= 0.3 is 5.97 Å². The van der Waals surface area contributed by atoms with Crippen LogP contribution in [0.5, 0.6) is 0 Å². The van der Waals surface area contributed by atoms with Crippen molar-refractivity contribution < 1.29 is 14.7 Å². The number of carboxylic acid groups (broad SMARTS) is 1. The van der Waals surface area contributed by atoms with Gasteiger partial charge in [0.2, 0.25) is 5.91 Å². The van der Waals surface area contributed by atoms with Crippen LogP contribution in [0.1, 0.15) is 34.1 Å². The number of carbonyl (C=O) groups excluding carboxylic acids is 1. The molecule has 1 rings (SSSR count). The average molecular weight is 306 g/mol. The fourth-order valence-electron chi connectivity index (χ4n) is 2.33. The quantitative estimate of drug-likeness (QED) is 0.802. The first-order valence-electron chi connectivity index (χ1n) is 7.82. The summed E-state index contributed by atoms with van der Waals surface area (Å²) in [5, 5.41) is 9.07. The zero-order chi connectivity index (χ0) is 16.7. The molecule has 0 aliphatic carbocycles. The van der Waals surface area contributed by atoms with Gasteiger partial charge in [-0.1, -0.05) is 13.8 Å². The summed E-state index contributed by atoms with van der Waals surface area (Å²) in [6.45, 7) is 9.62. The van der Waals surface area contributed by atoms with E-state index in [1.165, 1.54) is 0 Å². The van der Waals surface area contributed by atoms with Crippen molar-refractivity contribution in [1.82, 2.24) is 0 Å². The highest BCUT2D eigenvalue weighted by Crippen LogP contribution is 2.22. The lowest BCUT2D eigenvalue weighted by atomic mass is 10.1. The molecule has 1 atom stereocenters. The third-order valence-electron chi connectivity index (χ3n) is 3.77. The molecule has 5 nitrogen and oxygen atoms in total. The van der Waals surface area contributed by atoms with Crippen LogP contribution in [0.3, 0.4) is 0 Å². The van der Waals surface area contributed by atoms with Crippen LogP contribution in [0.15, 0.2) is 24.3 Å². The number of carboxylic acids is 1. The second-order valence-corrected chi connectivity index (χ2v) is 5.29. The van der Waals surface area contributed by atoms with Gasteiger partial charge < -0.3 is 14.9 Å². The first-order valence-corrected chi connectivity index (χ1v) is 7.82. The number of benzene rings is 1. The predicted octanol–water partition coefficient (Wildman–Crippen LogP) is 3.00.